The second kappa shape index (κ2) is 12.3. The minimum absolute atomic E-state index is 0.148. The maximum absolute atomic E-state index is 12.3. The molecule has 0 aliphatic heterocycles. The lowest BCUT2D eigenvalue weighted by Crippen LogP contribution is -2.28. The third kappa shape index (κ3) is 7.37. The largest absolute Gasteiger partial charge is 0.369 e. The molecule has 3 rings (SSSR count). The van der Waals surface area contributed by atoms with E-state index in [9.17, 15) is 4.79 Å². The van der Waals surface area contributed by atoms with Crippen LogP contribution in [0.1, 0.15) is 72.1 Å². The van der Waals surface area contributed by atoms with Gasteiger partial charge in [-0.15, -0.1) is 0 Å². The number of fused-ring (bicyclic) bond motifs is 1. The highest BCUT2D eigenvalue weighted by atomic mass is 32.2. The third-order valence-electron chi connectivity index (χ3n) is 5.74. The summed E-state index contributed by atoms with van der Waals surface area (Å²) in [4.78, 5) is 21.7. The summed E-state index contributed by atoms with van der Waals surface area (Å²) in [5.74, 6) is 3.24. The van der Waals surface area contributed by atoms with Gasteiger partial charge in [-0.25, -0.2) is 14.6 Å². The molecule has 0 unspecified atom stereocenters. The summed E-state index contributed by atoms with van der Waals surface area (Å²) in [6.45, 7) is 8.54. The smallest absolute Gasteiger partial charge is 0.220 e. The predicted octanol–water partition coefficient (Wildman–Crippen LogP) is 4.87. The first-order valence-corrected chi connectivity index (χ1v) is 12.9. The van der Waals surface area contributed by atoms with Crippen LogP contribution in [0, 0.1) is 11.8 Å². The molecule has 172 valence electrons. The molecule has 0 atom stereocenters. The molecule has 2 aromatic heterocycles. The number of hydrogen-bond donors (Lipinski definition) is 2. The molecule has 0 bridgehead atoms. The number of aromatic nitrogens is 4. The molecule has 1 aliphatic rings. The zero-order chi connectivity index (χ0) is 22.1. The van der Waals surface area contributed by atoms with Gasteiger partial charge >= 0.3 is 0 Å². The van der Waals surface area contributed by atoms with Gasteiger partial charge in [0.05, 0.1) is 18.1 Å². The fraction of sp³-hybridized carbons (Fsp3) is 0.739. The summed E-state index contributed by atoms with van der Waals surface area (Å²) in [5.41, 5.74) is 0.830. The van der Waals surface area contributed by atoms with Crippen LogP contribution >= 0.6 is 11.8 Å². The Morgan fingerprint density at radius 2 is 2.06 bits per heavy atom. The fourth-order valence-corrected chi connectivity index (χ4v) is 4.69. The lowest BCUT2D eigenvalue weighted by Gasteiger charge is -2.20. The van der Waals surface area contributed by atoms with Gasteiger partial charge in [0.1, 0.15) is 5.82 Å². The van der Waals surface area contributed by atoms with E-state index in [0.29, 0.717) is 25.4 Å². The maximum Gasteiger partial charge on any atom is 0.220 e. The molecule has 1 amide bonds. The molecule has 2 aromatic rings. The van der Waals surface area contributed by atoms with Crippen LogP contribution in [-0.4, -0.2) is 44.5 Å². The van der Waals surface area contributed by atoms with Crippen molar-refractivity contribution in [3.05, 3.63) is 6.20 Å². The number of carbonyl (C=O) groups is 1. The Morgan fingerprint density at radius 3 is 2.81 bits per heavy atom. The predicted molar refractivity (Wildman–Crippen MR) is 128 cm³/mol. The maximum atomic E-state index is 12.3. The number of rotatable bonds is 12. The zero-order valence-corrected chi connectivity index (χ0v) is 20.1. The van der Waals surface area contributed by atoms with E-state index in [2.05, 4.69) is 36.5 Å². The summed E-state index contributed by atoms with van der Waals surface area (Å²) in [6.07, 6.45) is 11.2. The van der Waals surface area contributed by atoms with E-state index in [-0.39, 0.29) is 5.91 Å². The zero-order valence-electron chi connectivity index (χ0n) is 19.3. The Hall–Kier alpha value is -1.83. The summed E-state index contributed by atoms with van der Waals surface area (Å²) in [6, 6.07) is 0. The average molecular weight is 447 g/mol. The van der Waals surface area contributed by atoms with Crippen molar-refractivity contribution >= 4 is 34.5 Å². The van der Waals surface area contributed by atoms with E-state index >= 15 is 0 Å². The SMILES string of the molecule is CCCSc1nc(NCC(C)C)c2cnn(CCNC(=O)CCC3CCCCC3)c2n1. The lowest BCUT2D eigenvalue weighted by molar-refractivity contribution is -0.121. The molecule has 0 aromatic carbocycles. The fourth-order valence-electron chi connectivity index (χ4n) is 3.99. The van der Waals surface area contributed by atoms with Crippen molar-refractivity contribution in [1.82, 2.24) is 25.1 Å². The van der Waals surface area contributed by atoms with Crippen LogP contribution in [0.15, 0.2) is 11.4 Å². The number of thioether (sulfide) groups is 1. The summed E-state index contributed by atoms with van der Waals surface area (Å²) in [5, 5.41) is 12.8. The first kappa shape index (κ1) is 23.8. The molecule has 2 N–H and O–H groups in total. The summed E-state index contributed by atoms with van der Waals surface area (Å²) >= 11 is 1.67. The van der Waals surface area contributed by atoms with E-state index in [0.717, 1.165) is 53.1 Å². The number of nitrogens with one attached hydrogen (secondary N) is 2. The second-order valence-electron chi connectivity index (χ2n) is 8.98. The first-order chi connectivity index (χ1) is 15.1. The minimum Gasteiger partial charge on any atom is -0.369 e. The molecule has 8 heteroatoms. The minimum atomic E-state index is 0.148. The Labute approximate surface area is 190 Å². The van der Waals surface area contributed by atoms with Crippen molar-refractivity contribution in [2.45, 2.75) is 83.8 Å². The Balaban J connectivity index is 1.59. The summed E-state index contributed by atoms with van der Waals surface area (Å²) < 4.78 is 1.88. The highest BCUT2D eigenvalue weighted by molar-refractivity contribution is 7.99. The highest BCUT2D eigenvalue weighted by Gasteiger charge is 2.16. The van der Waals surface area contributed by atoms with Gasteiger partial charge in [0.25, 0.3) is 0 Å². The van der Waals surface area contributed by atoms with E-state index in [1.807, 2.05) is 10.9 Å². The normalized spacial score (nSPS) is 15.0. The van der Waals surface area contributed by atoms with Crippen LogP contribution in [0.2, 0.25) is 0 Å². The quantitative estimate of drug-likeness (QED) is 0.357. The van der Waals surface area contributed by atoms with Gasteiger partial charge in [-0.1, -0.05) is 64.6 Å². The van der Waals surface area contributed by atoms with Crippen LogP contribution in [0.25, 0.3) is 11.0 Å². The monoisotopic (exact) mass is 446 g/mol. The van der Waals surface area contributed by atoms with Crippen molar-refractivity contribution in [2.75, 3.05) is 24.2 Å². The highest BCUT2D eigenvalue weighted by Crippen LogP contribution is 2.27. The van der Waals surface area contributed by atoms with E-state index in [1.165, 1.54) is 32.1 Å². The molecule has 1 aliphatic carbocycles. The molecule has 1 fully saturated rings. The number of nitrogens with zero attached hydrogens (tertiary/aromatic N) is 4. The van der Waals surface area contributed by atoms with Crippen LogP contribution in [-0.2, 0) is 11.3 Å². The van der Waals surface area contributed by atoms with Gasteiger partial charge in [0.2, 0.25) is 5.91 Å². The van der Waals surface area contributed by atoms with Crippen molar-refractivity contribution < 1.29 is 4.79 Å². The van der Waals surface area contributed by atoms with Crippen molar-refractivity contribution in [3.63, 3.8) is 0 Å². The second-order valence-corrected chi connectivity index (χ2v) is 10.0. The van der Waals surface area contributed by atoms with E-state index in [4.69, 9.17) is 9.97 Å². The van der Waals surface area contributed by atoms with Crippen LogP contribution < -0.4 is 10.6 Å². The van der Waals surface area contributed by atoms with Gasteiger partial charge in [0.15, 0.2) is 10.8 Å². The molecule has 0 spiro atoms. The molecular weight excluding hydrogens is 408 g/mol. The van der Waals surface area contributed by atoms with E-state index < -0.39 is 0 Å². The Morgan fingerprint density at radius 1 is 1.26 bits per heavy atom. The van der Waals surface area contributed by atoms with Crippen molar-refractivity contribution in [3.8, 4) is 0 Å². The van der Waals surface area contributed by atoms with Gasteiger partial charge in [-0.2, -0.15) is 5.10 Å². The van der Waals surface area contributed by atoms with Gasteiger partial charge in [0, 0.05) is 25.3 Å². The third-order valence-corrected chi connectivity index (χ3v) is 6.79. The standard InChI is InChI=1S/C23H38N6OS/c1-4-14-31-23-27-21(25-15-17(2)3)19-16-26-29(22(19)28-23)13-12-24-20(30)11-10-18-8-6-5-7-9-18/h16-18H,4-15H2,1-3H3,(H,24,30)(H,25,27,28). The molecule has 7 nitrogen and oxygen atoms in total. The molecule has 31 heavy (non-hydrogen) atoms. The number of amides is 1. The molecule has 2 heterocycles. The average Bonchev–Trinajstić information content (AvgIpc) is 3.18. The Bertz CT molecular complexity index is 831. The Kier molecular flexibility index (Phi) is 9.43. The van der Waals surface area contributed by atoms with Gasteiger partial charge < -0.3 is 10.6 Å². The molecule has 0 radical (unpaired) electrons. The molecule has 1 saturated carbocycles. The summed E-state index contributed by atoms with van der Waals surface area (Å²) in [7, 11) is 0. The van der Waals surface area contributed by atoms with Crippen LogP contribution in [0.5, 0.6) is 0 Å². The number of carbonyl (C=O) groups excluding carboxylic acids is 1. The van der Waals surface area contributed by atoms with Crippen molar-refractivity contribution in [1.29, 1.82) is 0 Å². The van der Waals surface area contributed by atoms with Gasteiger partial charge in [-0.05, 0) is 24.7 Å². The first-order valence-electron chi connectivity index (χ1n) is 11.9. The number of anilines is 1. The van der Waals surface area contributed by atoms with Crippen LogP contribution in [0.4, 0.5) is 5.82 Å². The van der Waals surface area contributed by atoms with Crippen LogP contribution in [0.3, 0.4) is 0 Å². The van der Waals surface area contributed by atoms with Gasteiger partial charge in [-0.3, -0.25) is 4.79 Å². The number of hydrogen-bond acceptors (Lipinski definition) is 6. The molecule has 0 saturated heterocycles. The molecular formula is C23H38N6OS. The topological polar surface area (TPSA) is 84.7 Å². The van der Waals surface area contributed by atoms with Crippen molar-refractivity contribution in [2.24, 2.45) is 11.8 Å². The van der Waals surface area contributed by atoms with E-state index in [1.54, 1.807) is 11.8 Å². The lowest BCUT2D eigenvalue weighted by atomic mass is 9.86.